The summed E-state index contributed by atoms with van der Waals surface area (Å²) in [5.74, 6) is 0.982. The zero-order chi connectivity index (χ0) is 20.0. The fraction of sp³-hybridized carbons (Fsp3) is 0.160. The molecule has 3 aromatic carbocycles. The quantitative estimate of drug-likeness (QED) is 0.407. The van der Waals surface area contributed by atoms with Gasteiger partial charge < -0.3 is 9.84 Å². The Kier molecular flexibility index (Phi) is 5.95. The first-order valence-corrected chi connectivity index (χ1v) is 9.27. The fourth-order valence-corrected chi connectivity index (χ4v) is 3.00. The molecule has 28 heavy (non-hydrogen) atoms. The average molecular weight is 371 g/mol. The molecule has 0 aliphatic heterocycles. The highest BCUT2D eigenvalue weighted by Crippen LogP contribution is 2.33. The summed E-state index contributed by atoms with van der Waals surface area (Å²) < 4.78 is 5.48. The molecule has 0 atom stereocenters. The topological polar surface area (TPSA) is 41.8 Å². The van der Waals surface area contributed by atoms with Gasteiger partial charge in [0.1, 0.15) is 18.1 Å². The van der Waals surface area contributed by atoms with E-state index in [0.29, 0.717) is 12.2 Å². The molecule has 3 nitrogen and oxygen atoms in total. The Bertz CT molecular complexity index is 958. The van der Waals surface area contributed by atoms with Crippen molar-refractivity contribution in [3.05, 3.63) is 102 Å². The molecule has 0 fully saturated rings. The van der Waals surface area contributed by atoms with Crippen LogP contribution in [0.4, 0.5) is 5.69 Å². The number of ether oxygens (including phenoxy) is 1. The molecule has 3 aromatic rings. The van der Waals surface area contributed by atoms with E-state index in [1.807, 2.05) is 54.6 Å². The third kappa shape index (κ3) is 4.49. The van der Waals surface area contributed by atoms with Gasteiger partial charge in [-0.15, -0.1) is 0 Å². The molecule has 0 aliphatic carbocycles. The SMILES string of the molecule is C=CCOc1ccc(N=Cc2cc(C(C)(C)c3ccccc3)ccc2O)cc1. The number of nitrogens with zero attached hydrogens (tertiary/aromatic N) is 1. The van der Waals surface area contributed by atoms with Gasteiger partial charge in [-0.25, -0.2) is 0 Å². The normalized spacial score (nSPS) is 11.5. The molecule has 0 heterocycles. The summed E-state index contributed by atoms with van der Waals surface area (Å²) in [5, 5.41) is 10.3. The van der Waals surface area contributed by atoms with Gasteiger partial charge in [-0.3, -0.25) is 4.99 Å². The maximum Gasteiger partial charge on any atom is 0.124 e. The number of rotatable bonds is 7. The minimum absolute atomic E-state index is 0.179. The Morgan fingerprint density at radius 1 is 0.964 bits per heavy atom. The molecule has 142 valence electrons. The van der Waals surface area contributed by atoms with Crippen LogP contribution in [0.5, 0.6) is 11.5 Å². The zero-order valence-electron chi connectivity index (χ0n) is 16.3. The summed E-state index contributed by atoms with van der Waals surface area (Å²) in [6.07, 6.45) is 3.40. The first-order chi connectivity index (χ1) is 13.5. The van der Waals surface area contributed by atoms with Crippen LogP contribution in [0.3, 0.4) is 0 Å². The lowest BCUT2D eigenvalue weighted by molar-refractivity contribution is 0.363. The van der Waals surface area contributed by atoms with Crippen LogP contribution in [-0.2, 0) is 5.41 Å². The van der Waals surface area contributed by atoms with Crippen molar-refractivity contribution in [1.29, 1.82) is 0 Å². The molecule has 0 aromatic heterocycles. The van der Waals surface area contributed by atoms with E-state index < -0.39 is 0 Å². The van der Waals surface area contributed by atoms with Gasteiger partial charge in [-0.2, -0.15) is 0 Å². The molecule has 0 saturated carbocycles. The van der Waals surface area contributed by atoms with Crippen LogP contribution < -0.4 is 4.74 Å². The summed E-state index contributed by atoms with van der Waals surface area (Å²) in [6.45, 7) is 8.46. The first kappa shape index (κ1) is 19.4. The third-order valence-corrected chi connectivity index (χ3v) is 4.80. The highest BCUT2D eigenvalue weighted by atomic mass is 16.5. The van der Waals surface area contributed by atoms with Gasteiger partial charge in [0.15, 0.2) is 0 Å². The fourth-order valence-electron chi connectivity index (χ4n) is 3.00. The average Bonchev–Trinajstić information content (AvgIpc) is 2.73. The molecule has 1 N–H and O–H groups in total. The minimum atomic E-state index is -0.179. The van der Waals surface area contributed by atoms with Gasteiger partial charge in [0, 0.05) is 17.2 Å². The molecule has 3 heteroatoms. The van der Waals surface area contributed by atoms with E-state index in [1.165, 1.54) is 5.56 Å². The van der Waals surface area contributed by atoms with E-state index in [0.717, 1.165) is 17.0 Å². The van der Waals surface area contributed by atoms with Crippen LogP contribution in [0.2, 0.25) is 0 Å². The van der Waals surface area contributed by atoms with Crippen LogP contribution in [0, 0.1) is 0 Å². The molecule has 0 unspecified atom stereocenters. The Morgan fingerprint density at radius 2 is 1.68 bits per heavy atom. The smallest absolute Gasteiger partial charge is 0.124 e. The second kappa shape index (κ2) is 8.57. The summed E-state index contributed by atoms with van der Waals surface area (Å²) in [5.41, 5.74) is 3.64. The summed E-state index contributed by atoms with van der Waals surface area (Å²) in [6, 6.07) is 23.5. The van der Waals surface area contributed by atoms with Crippen LogP contribution >= 0.6 is 0 Å². The Hall–Kier alpha value is -3.33. The number of benzene rings is 3. The first-order valence-electron chi connectivity index (χ1n) is 9.27. The Morgan fingerprint density at radius 3 is 2.36 bits per heavy atom. The number of phenols is 1. The lowest BCUT2D eigenvalue weighted by Crippen LogP contribution is -2.18. The highest BCUT2D eigenvalue weighted by molar-refractivity contribution is 5.85. The van der Waals surface area contributed by atoms with Gasteiger partial charge in [-0.05, 0) is 47.5 Å². The van der Waals surface area contributed by atoms with Crippen LogP contribution in [-0.4, -0.2) is 17.9 Å². The number of hydrogen-bond donors (Lipinski definition) is 1. The number of phenolic OH excluding ortho intramolecular Hbond substituents is 1. The number of hydrogen-bond acceptors (Lipinski definition) is 3. The monoisotopic (exact) mass is 371 g/mol. The van der Waals surface area contributed by atoms with Crippen LogP contribution in [0.15, 0.2) is 90.4 Å². The van der Waals surface area contributed by atoms with Crippen molar-refractivity contribution < 1.29 is 9.84 Å². The highest BCUT2D eigenvalue weighted by Gasteiger charge is 2.23. The standard InChI is InChI=1S/C25H25NO2/c1-4-16-28-23-13-11-22(12-14-23)26-18-19-17-21(10-15-24(19)27)25(2,3)20-8-6-5-7-9-20/h4-15,17-18,27H,1,16H2,2-3H3. The van der Waals surface area contributed by atoms with E-state index in [2.05, 4.69) is 37.6 Å². The van der Waals surface area contributed by atoms with Gasteiger partial charge in [-0.1, -0.05) is 62.9 Å². The van der Waals surface area contributed by atoms with E-state index >= 15 is 0 Å². The van der Waals surface area contributed by atoms with Gasteiger partial charge >= 0.3 is 0 Å². The summed E-state index contributed by atoms with van der Waals surface area (Å²) in [4.78, 5) is 4.49. The maximum absolute atomic E-state index is 10.3. The Balaban J connectivity index is 1.84. The van der Waals surface area contributed by atoms with Crippen LogP contribution in [0.1, 0.15) is 30.5 Å². The van der Waals surface area contributed by atoms with E-state index in [-0.39, 0.29) is 11.2 Å². The molecule has 0 bridgehead atoms. The molecule has 3 rings (SSSR count). The number of aromatic hydroxyl groups is 1. The van der Waals surface area contributed by atoms with Crippen molar-refractivity contribution in [2.75, 3.05) is 6.61 Å². The van der Waals surface area contributed by atoms with Gasteiger partial charge in [0.2, 0.25) is 0 Å². The maximum atomic E-state index is 10.3. The lowest BCUT2D eigenvalue weighted by atomic mass is 9.77. The molecule has 0 amide bonds. The lowest BCUT2D eigenvalue weighted by Gasteiger charge is -2.26. The van der Waals surface area contributed by atoms with Gasteiger partial charge in [0.05, 0.1) is 5.69 Å². The number of aliphatic imine (C=N–C) groups is 1. The van der Waals surface area contributed by atoms with Gasteiger partial charge in [0.25, 0.3) is 0 Å². The van der Waals surface area contributed by atoms with Crippen molar-refractivity contribution in [1.82, 2.24) is 0 Å². The van der Waals surface area contributed by atoms with E-state index in [4.69, 9.17) is 4.74 Å². The molecule has 0 spiro atoms. The summed E-state index contributed by atoms with van der Waals surface area (Å²) in [7, 11) is 0. The predicted octanol–water partition coefficient (Wildman–Crippen LogP) is 6.03. The largest absolute Gasteiger partial charge is 0.507 e. The van der Waals surface area contributed by atoms with Crippen molar-refractivity contribution in [3.63, 3.8) is 0 Å². The predicted molar refractivity (Wildman–Crippen MR) is 116 cm³/mol. The molecular formula is C25H25NO2. The summed E-state index contributed by atoms with van der Waals surface area (Å²) >= 11 is 0. The van der Waals surface area contributed by atoms with Crippen molar-refractivity contribution in [2.45, 2.75) is 19.3 Å². The molecule has 0 radical (unpaired) electrons. The van der Waals surface area contributed by atoms with Crippen LogP contribution in [0.25, 0.3) is 0 Å². The zero-order valence-corrected chi connectivity index (χ0v) is 16.3. The molecule has 0 saturated heterocycles. The minimum Gasteiger partial charge on any atom is -0.507 e. The van der Waals surface area contributed by atoms with Crippen molar-refractivity contribution in [3.8, 4) is 11.5 Å². The second-order valence-electron chi connectivity index (χ2n) is 7.12. The Labute approximate surface area is 166 Å². The third-order valence-electron chi connectivity index (χ3n) is 4.80. The van der Waals surface area contributed by atoms with Crippen molar-refractivity contribution >= 4 is 11.9 Å². The van der Waals surface area contributed by atoms with E-state index in [1.54, 1.807) is 18.4 Å². The molecule has 0 aliphatic rings. The second-order valence-corrected chi connectivity index (χ2v) is 7.12. The molecular weight excluding hydrogens is 346 g/mol. The van der Waals surface area contributed by atoms with E-state index in [9.17, 15) is 5.11 Å². The van der Waals surface area contributed by atoms with Crippen molar-refractivity contribution in [2.24, 2.45) is 4.99 Å².